The molecule has 0 aliphatic carbocycles. The number of carbonyl (C=O) groups excluding carboxylic acids is 2. The molecule has 0 spiro atoms. The van der Waals surface area contributed by atoms with E-state index in [1.54, 1.807) is 12.4 Å². The van der Waals surface area contributed by atoms with Gasteiger partial charge in [-0.15, -0.1) is 11.3 Å². The largest absolute Gasteiger partial charge is 0.357 e. The average molecular weight is 429 g/mol. The number of likely N-dealkylation sites (N-methyl/N-ethyl adjacent to an activating group) is 1. The molecule has 5 nitrogen and oxygen atoms in total. The van der Waals surface area contributed by atoms with E-state index in [4.69, 9.17) is 0 Å². The number of carbonyl (C=O) groups is 2. The summed E-state index contributed by atoms with van der Waals surface area (Å²) in [4.78, 5) is 28.2. The maximum absolute atomic E-state index is 12.2. The SMILES string of the molecule is CC[C@H](NC(=O)c1csc(-c2ccc(I)cc2)n1)C(=O)NC. The van der Waals surface area contributed by atoms with Crippen molar-refractivity contribution in [3.8, 4) is 10.6 Å². The molecule has 1 aromatic carbocycles. The summed E-state index contributed by atoms with van der Waals surface area (Å²) in [5.41, 5.74) is 1.31. The summed E-state index contributed by atoms with van der Waals surface area (Å²) in [6, 6.07) is 7.40. The van der Waals surface area contributed by atoms with Crippen molar-refractivity contribution < 1.29 is 9.59 Å². The molecule has 0 saturated heterocycles. The first-order valence-corrected chi connectivity index (χ1v) is 8.75. The van der Waals surface area contributed by atoms with Gasteiger partial charge in [0.15, 0.2) is 0 Å². The number of thiazole rings is 1. The van der Waals surface area contributed by atoms with Gasteiger partial charge in [0, 0.05) is 21.6 Å². The molecular weight excluding hydrogens is 413 g/mol. The van der Waals surface area contributed by atoms with E-state index in [1.807, 2.05) is 31.2 Å². The molecule has 0 bridgehead atoms. The number of amides is 2. The summed E-state index contributed by atoms with van der Waals surface area (Å²) in [6.45, 7) is 1.85. The van der Waals surface area contributed by atoms with E-state index in [0.717, 1.165) is 14.1 Å². The van der Waals surface area contributed by atoms with E-state index in [0.29, 0.717) is 12.1 Å². The fraction of sp³-hybridized carbons (Fsp3) is 0.267. The van der Waals surface area contributed by atoms with Crippen molar-refractivity contribution in [2.45, 2.75) is 19.4 Å². The fourth-order valence-electron chi connectivity index (χ4n) is 1.86. The van der Waals surface area contributed by atoms with E-state index in [1.165, 1.54) is 11.3 Å². The smallest absolute Gasteiger partial charge is 0.271 e. The van der Waals surface area contributed by atoms with Gasteiger partial charge in [-0.3, -0.25) is 9.59 Å². The minimum absolute atomic E-state index is 0.205. The molecule has 1 atom stereocenters. The van der Waals surface area contributed by atoms with E-state index in [9.17, 15) is 9.59 Å². The maximum atomic E-state index is 12.2. The number of aromatic nitrogens is 1. The van der Waals surface area contributed by atoms with Crippen molar-refractivity contribution in [3.05, 3.63) is 38.9 Å². The van der Waals surface area contributed by atoms with Crippen LogP contribution in [0.3, 0.4) is 0 Å². The highest BCUT2D eigenvalue weighted by molar-refractivity contribution is 14.1. The van der Waals surface area contributed by atoms with Crippen LogP contribution in [0.4, 0.5) is 0 Å². The third-order valence-corrected chi connectivity index (χ3v) is 4.71. The molecule has 2 N–H and O–H groups in total. The van der Waals surface area contributed by atoms with Crippen LogP contribution in [0, 0.1) is 3.57 Å². The Morgan fingerprint density at radius 3 is 2.59 bits per heavy atom. The highest BCUT2D eigenvalue weighted by Crippen LogP contribution is 2.24. The van der Waals surface area contributed by atoms with Crippen LogP contribution in [0.2, 0.25) is 0 Å². The van der Waals surface area contributed by atoms with Crippen molar-refractivity contribution >= 4 is 45.7 Å². The fourth-order valence-corrected chi connectivity index (χ4v) is 3.03. The number of hydrogen-bond acceptors (Lipinski definition) is 4. The van der Waals surface area contributed by atoms with Gasteiger partial charge in [-0.25, -0.2) is 4.98 Å². The van der Waals surface area contributed by atoms with Crippen LogP contribution in [0.25, 0.3) is 10.6 Å². The third-order valence-electron chi connectivity index (χ3n) is 3.10. The van der Waals surface area contributed by atoms with Gasteiger partial charge in [0.05, 0.1) is 0 Å². The molecule has 1 aromatic heterocycles. The van der Waals surface area contributed by atoms with Crippen LogP contribution < -0.4 is 10.6 Å². The van der Waals surface area contributed by atoms with Crippen molar-refractivity contribution in [2.75, 3.05) is 7.05 Å². The Morgan fingerprint density at radius 1 is 1.32 bits per heavy atom. The van der Waals surface area contributed by atoms with E-state index < -0.39 is 6.04 Å². The van der Waals surface area contributed by atoms with E-state index in [-0.39, 0.29) is 11.8 Å². The van der Waals surface area contributed by atoms with E-state index in [2.05, 4.69) is 38.2 Å². The summed E-state index contributed by atoms with van der Waals surface area (Å²) >= 11 is 3.65. The topological polar surface area (TPSA) is 71.1 Å². The predicted octanol–water partition coefficient (Wildman–Crippen LogP) is 2.67. The third kappa shape index (κ3) is 4.04. The second kappa shape index (κ2) is 7.68. The lowest BCUT2D eigenvalue weighted by Crippen LogP contribution is -2.45. The first kappa shape index (κ1) is 16.9. The number of halogens is 1. The van der Waals surface area contributed by atoms with Gasteiger partial charge in [0.2, 0.25) is 5.91 Å². The lowest BCUT2D eigenvalue weighted by atomic mass is 10.2. The molecule has 0 unspecified atom stereocenters. The molecule has 0 aliphatic heterocycles. The number of nitrogens with one attached hydrogen (secondary N) is 2. The van der Waals surface area contributed by atoms with Gasteiger partial charge >= 0.3 is 0 Å². The Labute approximate surface area is 146 Å². The molecule has 2 rings (SSSR count). The van der Waals surface area contributed by atoms with Crippen LogP contribution in [0.15, 0.2) is 29.6 Å². The molecule has 0 aliphatic rings. The lowest BCUT2D eigenvalue weighted by Gasteiger charge is -2.14. The second-order valence-corrected chi connectivity index (χ2v) is 6.70. The second-order valence-electron chi connectivity index (χ2n) is 4.59. The van der Waals surface area contributed by atoms with Crippen molar-refractivity contribution in [1.82, 2.24) is 15.6 Å². The Bertz CT molecular complexity index is 670. The molecule has 0 fully saturated rings. The van der Waals surface area contributed by atoms with Gasteiger partial charge in [-0.1, -0.05) is 19.1 Å². The zero-order valence-corrected chi connectivity index (χ0v) is 15.2. The van der Waals surface area contributed by atoms with Crippen molar-refractivity contribution in [3.63, 3.8) is 0 Å². The predicted molar refractivity (Wildman–Crippen MR) is 95.9 cm³/mol. The normalized spacial score (nSPS) is 11.8. The Morgan fingerprint density at radius 2 is 2.00 bits per heavy atom. The van der Waals surface area contributed by atoms with Crippen LogP contribution in [-0.4, -0.2) is 29.9 Å². The molecular formula is C15H16IN3O2S. The first-order valence-electron chi connectivity index (χ1n) is 6.79. The minimum atomic E-state index is -0.541. The molecule has 0 radical (unpaired) electrons. The summed E-state index contributed by atoms with van der Waals surface area (Å²) in [6.07, 6.45) is 0.527. The van der Waals surface area contributed by atoms with Crippen LogP contribution in [-0.2, 0) is 4.79 Å². The number of hydrogen-bond donors (Lipinski definition) is 2. The monoisotopic (exact) mass is 429 g/mol. The summed E-state index contributed by atoms with van der Waals surface area (Å²) < 4.78 is 1.15. The molecule has 7 heteroatoms. The average Bonchev–Trinajstić information content (AvgIpc) is 3.02. The summed E-state index contributed by atoms with van der Waals surface area (Å²) in [7, 11) is 1.55. The van der Waals surface area contributed by atoms with Gasteiger partial charge in [0.25, 0.3) is 5.91 Å². The summed E-state index contributed by atoms with van der Waals surface area (Å²) in [5, 5.41) is 7.73. The van der Waals surface area contributed by atoms with Gasteiger partial charge < -0.3 is 10.6 Å². The highest BCUT2D eigenvalue weighted by Gasteiger charge is 2.20. The zero-order chi connectivity index (χ0) is 16.1. The van der Waals surface area contributed by atoms with Crippen LogP contribution in [0.5, 0.6) is 0 Å². The lowest BCUT2D eigenvalue weighted by molar-refractivity contribution is -0.122. The number of benzene rings is 1. The first-order chi connectivity index (χ1) is 10.5. The number of nitrogens with zero attached hydrogens (tertiary/aromatic N) is 1. The van der Waals surface area contributed by atoms with E-state index >= 15 is 0 Å². The molecule has 0 saturated carbocycles. The zero-order valence-electron chi connectivity index (χ0n) is 12.2. The van der Waals surface area contributed by atoms with Gasteiger partial charge in [0.1, 0.15) is 16.7 Å². The number of rotatable bonds is 5. The van der Waals surface area contributed by atoms with Crippen molar-refractivity contribution in [2.24, 2.45) is 0 Å². The quantitative estimate of drug-likeness (QED) is 0.719. The minimum Gasteiger partial charge on any atom is -0.357 e. The molecule has 116 valence electrons. The molecule has 1 heterocycles. The van der Waals surface area contributed by atoms with Gasteiger partial charge in [-0.05, 0) is 41.1 Å². The van der Waals surface area contributed by atoms with Crippen LogP contribution >= 0.6 is 33.9 Å². The van der Waals surface area contributed by atoms with Crippen LogP contribution in [0.1, 0.15) is 23.8 Å². The molecule has 2 amide bonds. The Balaban J connectivity index is 2.12. The maximum Gasteiger partial charge on any atom is 0.271 e. The standard InChI is InChI=1S/C15H16IN3O2S/c1-3-11(13(20)17-2)18-14(21)12-8-22-15(19-12)9-4-6-10(16)7-5-9/h4-8,11H,3H2,1-2H3,(H,17,20)(H,18,21)/t11-/m0/s1. The molecule has 2 aromatic rings. The molecule has 22 heavy (non-hydrogen) atoms. The highest BCUT2D eigenvalue weighted by atomic mass is 127. The summed E-state index contributed by atoms with van der Waals surface area (Å²) in [5.74, 6) is -0.535. The Hall–Kier alpha value is -1.48. The van der Waals surface area contributed by atoms with Gasteiger partial charge in [-0.2, -0.15) is 0 Å². The van der Waals surface area contributed by atoms with Crippen molar-refractivity contribution in [1.29, 1.82) is 0 Å². The Kier molecular flexibility index (Phi) is 5.90.